The lowest BCUT2D eigenvalue weighted by Gasteiger charge is -2.29. The molecule has 0 bridgehead atoms. The molecule has 0 fully saturated rings. The summed E-state index contributed by atoms with van der Waals surface area (Å²) in [4.78, 5) is 0. The molecule has 0 spiro atoms. The SMILES string of the molecule is C.C/C(=C\C(C)(C)C)[C@H](C)C(C)(C)C. The fourth-order valence-corrected chi connectivity index (χ4v) is 1.49. The van der Waals surface area contributed by atoms with Crippen LogP contribution in [0, 0.1) is 16.7 Å². The monoisotopic (exact) mass is 198 g/mol. The molecule has 0 aromatic heterocycles. The van der Waals surface area contributed by atoms with E-state index in [-0.39, 0.29) is 7.43 Å². The molecule has 0 unspecified atom stereocenters. The van der Waals surface area contributed by atoms with E-state index < -0.39 is 0 Å². The van der Waals surface area contributed by atoms with Crippen molar-refractivity contribution in [2.75, 3.05) is 0 Å². The second-order valence-corrected chi connectivity index (χ2v) is 6.34. The summed E-state index contributed by atoms with van der Waals surface area (Å²) in [6.45, 7) is 18.2. The average molecular weight is 198 g/mol. The van der Waals surface area contributed by atoms with Gasteiger partial charge in [0.15, 0.2) is 0 Å². The first-order valence-electron chi connectivity index (χ1n) is 5.23. The van der Waals surface area contributed by atoms with Gasteiger partial charge in [-0.2, -0.15) is 0 Å². The molecule has 0 saturated carbocycles. The molecule has 0 N–H and O–H groups in total. The van der Waals surface area contributed by atoms with Crippen LogP contribution in [-0.4, -0.2) is 0 Å². The molecule has 0 nitrogen and oxygen atoms in total. The normalized spacial score (nSPS) is 16.1. The summed E-state index contributed by atoms with van der Waals surface area (Å²) in [6.07, 6.45) is 2.39. The lowest BCUT2D eigenvalue weighted by molar-refractivity contribution is 0.297. The topological polar surface area (TPSA) is 0 Å². The van der Waals surface area contributed by atoms with Crippen LogP contribution in [0.2, 0.25) is 0 Å². The smallest absolute Gasteiger partial charge is 0.0185 e. The van der Waals surface area contributed by atoms with E-state index in [1.807, 2.05) is 0 Å². The maximum absolute atomic E-state index is 2.39. The fraction of sp³-hybridized carbons (Fsp3) is 0.857. The molecule has 0 radical (unpaired) electrons. The summed E-state index contributed by atoms with van der Waals surface area (Å²) in [7, 11) is 0. The van der Waals surface area contributed by atoms with Crippen molar-refractivity contribution >= 4 is 0 Å². The molecule has 0 aromatic rings. The minimum absolute atomic E-state index is 0. The molecular formula is C14H30. The summed E-state index contributed by atoms with van der Waals surface area (Å²) in [5.41, 5.74) is 2.20. The molecule has 0 heteroatoms. The number of allylic oxidation sites excluding steroid dienone is 2. The van der Waals surface area contributed by atoms with Crippen LogP contribution >= 0.6 is 0 Å². The third-order valence-corrected chi connectivity index (χ3v) is 2.64. The van der Waals surface area contributed by atoms with Gasteiger partial charge in [0.05, 0.1) is 0 Å². The standard InChI is InChI=1S/C13H26.CH4/c1-10(9-12(3,4)5)11(2)13(6,7)8;/h9,11H,1-8H3;1H4/b10-9+;/t11-;/m0./s1. The van der Waals surface area contributed by atoms with Crippen molar-refractivity contribution < 1.29 is 0 Å². The molecule has 0 aliphatic heterocycles. The molecule has 0 aliphatic rings. The van der Waals surface area contributed by atoms with Crippen LogP contribution in [0.15, 0.2) is 11.6 Å². The first-order valence-corrected chi connectivity index (χ1v) is 5.23. The van der Waals surface area contributed by atoms with E-state index >= 15 is 0 Å². The average Bonchev–Trinajstić information content (AvgIpc) is 1.79. The van der Waals surface area contributed by atoms with Crippen LogP contribution in [-0.2, 0) is 0 Å². The van der Waals surface area contributed by atoms with Gasteiger partial charge >= 0.3 is 0 Å². The lowest BCUT2D eigenvalue weighted by Crippen LogP contribution is -2.19. The molecule has 0 amide bonds. The van der Waals surface area contributed by atoms with Crippen molar-refractivity contribution in [1.82, 2.24) is 0 Å². The lowest BCUT2D eigenvalue weighted by atomic mass is 9.76. The molecule has 14 heavy (non-hydrogen) atoms. The third kappa shape index (κ3) is 6.23. The summed E-state index contributed by atoms with van der Waals surface area (Å²) >= 11 is 0. The van der Waals surface area contributed by atoms with Crippen molar-refractivity contribution in [1.29, 1.82) is 0 Å². The van der Waals surface area contributed by atoms with Crippen molar-refractivity contribution in [2.24, 2.45) is 16.7 Å². The Labute approximate surface area is 91.8 Å². The van der Waals surface area contributed by atoms with E-state index in [1.54, 1.807) is 0 Å². The summed E-state index contributed by atoms with van der Waals surface area (Å²) in [5, 5.41) is 0. The van der Waals surface area contributed by atoms with Gasteiger partial charge in [-0.25, -0.2) is 0 Å². The Morgan fingerprint density at radius 1 is 1.00 bits per heavy atom. The molecule has 0 saturated heterocycles. The molecule has 86 valence electrons. The zero-order valence-corrected chi connectivity index (χ0v) is 10.7. The van der Waals surface area contributed by atoms with Crippen molar-refractivity contribution in [3.05, 3.63) is 11.6 Å². The predicted molar refractivity (Wildman–Crippen MR) is 68.6 cm³/mol. The van der Waals surface area contributed by atoms with E-state index in [0.717, 1.165) is 0 Å². The fourth-order valence-electron chi connectivity index (χ4n) is 1.49. The predicted octanol–water partition coefficient (Wildman–Crippen LogP) is 5.30. The highest BCUT2D eigenvalue weighted by Crippen LogP contribution is 2.33. The van der Waals surface area contributed by atoms with Gasteiger partial charge in [-0.05, 0) is 23.7 Å². The maximum Gasteiger partial charge on any atom is -0.0185 e. The largest absolute Gasteiger partial charge is 0.0799 e. The van der Waals surface area contributed by atoms with E-state index in [2.05, 4.69) is 61.5 Å². The Kier molecular flexibility index (Phi) is 5.78. The molecule has 0 rings (SSSR count). The minimum Gasteiger partial charge on any atom is -0.0799 e. The van der Waals surface area contributed by atoms with Gasteiger partial charge in [-0.15, -0.1) is 0 Å². The zero-order valence-electron chi connectivity index (χ0n) is 10.7. The van der Waals surface area contributed by atoms with Gasteiger partial charge in [-0.3, -0.25) is 0 Å². The first-order chi connectivity index (χ1) is 5.54. The second kappa shape index (κ2) is 5.00. The van der Waals surface area contributed by atoms with Gasteiger partial charge in [0.1, 0.15) is 0 Å². The highest BCUT2D eigenvalue weighted by molar-refractivity contribution is 5.09. The van der Waals surface area contributed by atoms with E-state index in [4.69, 9.17) is 0 Å². The van der Waals surface area contributed by atoms with E-state index in [0.29, 0.717) is 16.7 Å². The molecule has 0 aliphatic carbocycles. The minimum atomic E-state index is 0. The van der Waals surface area contributed by atoms with Crippen molar-refractivity contribution in [2.45, 2.75) is 62.8 Å². The molecule has 1 atom stereocenters. The first kappa shape index (κ1) is 16.2. The van der Waals surface area contributed by atoms with E-state index in [1.165, 1.54) is 5.57 Å². The molecule has 0 heterocycles. The van der Waals surface area contributed by atoms with Crippen LogP contribution in [0.1, 0.15) is 62.8 Å². The quantitative estimate of drug-likeness (QED) is 0.502. The number of rotatable bonds is 1. The van der Waals surface area contributed by atoms with Crippen molar-refractivity contribution in [3.8, 4) is 0 Å². The van der Waals surface area contributed by atoms with Gasteiger partial charge in [0.25, 0.3) is 0 Å². The van der Waals surface area contributed by atoms with Crippen LogP contribution in [0.3, 0.4) is 0 Å². The van der Waals surface area contributed by atoms with Gasteiger partial charge in [0.2, 0.25) is 0 Å². The van der Waals surface area contributed by atoms with Crippen molar-refractivity contribution in [3.63, 3.8) is 0 Å². The Bertz CT molecular complexity index is 183. The highest BCUT2D eigenvalue weighted by Gasteiger charge is 2.22. The molecular weight excluding hydrogens is 168 g/mol. The second-order valence-electron chi connectivity index (χ2n) is 6.34. The summed E-state index contributed by atoms with van der Waals surface area (Å²) < 4.78 is 0. The third-order valence-electron chi connectivity index (χ3n) is 2.64. The van der Waals surface area contributed by atoms with Crippen LogP contribution in [0.25, 0.3) is 0 Å². The Balaban J connectivity index is 0. The zero-order chi connectivity index (χ0) is 10.9. The van der Waals surface area contributed by atoms with E-state index in [9.17, 15) is 0 Å². The van der Waals surface area contributed by atoms with Crippen LogP contribution in [0.4, 0.5) is 0 Å². The van der Waals surface area contributed by atoms with Gasteiger partial charge in [-0.1, -0.05) is 67.5 Å². The Hall–Kier alpha value is -0.260. The maximum atomic E-state index is 2.39. The Morgan fingerprint density at radius 2 is 1.36 bits per heavy atom. The van der Waals surface area contributed by atoms with Gasteiger partial charge in [0, 0.05) is 0 Å². The van der Waals surface area contributed by atoms with Gasteiger partial charge < -0.3 is 0 Å². The highest BCUT2D eigenvalue weighted by atomic mass is 14.3. The van der Waals surface area contributed by atoms with Crippen LogP contribution in [0.5, 0.6) is 0 Å². The summed E-state index contributed by atoms with van der Waals surface area (Å²) in [5.74, 6) is 0.659. The number of hydrogen-bond acceptors (Lipinski definition) is 0. The van der Waals surface area contributed by atoms with Crippen LogP contribution < -0.4 is 0 Å². The number of hydrogen-bond donors (Lipinski definition) is 0. The summed E-state index contributed by atoms with van der Waals surface area (Å²) in [6, 6.07) is 0. The Morgan fingerprint density at radius 3 is 1.57 bits per heavy atom. The molecule has 0 aromatic carbocycles.